The van der Waals surface area contributed by atoms with Gasteiger partial charge < -0.3 is 14.8 Å². The van der Waals surface area contributed by atoms with E-state index in [9.17, 15) is 9.59 Å². The standard InChI is InChI=1S/C12H21NO3/c1-11(2,3)16-10(15)13-9-12(7-8-14)5-4-6-12/h8H,4-7,9H2,1-3H3,(H,13,15). The van der Waals surface area contributed by atoms with Crippen LogP contribution in [0.1, 0.15) is 46.5 Å². The average Bonchev–Trinajstić information content (AvgIpc) is 2.06. The predicted molar refractivity (Wildman–Crippen MR) is 61.2 cm³/mol. The van der Waals surface area contributed by atoms with Gasteiger partial charge in [0.05, 0.1) is 0 Å². The van der Waals surface area contributed by atoms with E-state index in [4.69, 9.17) is 4.74 Å². The number of ether oxygens (including phenoxy) is 1. The van der Waals surface area contributed by atoms with Crippen molar-refractivity contribution in [1.29, 1.82) is 0 Å². The molecule has 0 heterocycles. The molecule has 0 atom stereocenters. The first kappa shape index (κ1) is 13.0. The zero-order chi connectivity index (χ0) is 12.2. The normalized spacial score (nSPS) is 18.4. The Balaban J connectivity index is 2.33. The van der Waals surface area contributed by atoms with Gasteiger partial charge in [0.2, 0.25) is 0 Å². The van der Waals surface area contributed by atoms with Crippen LogP contribution in [0, 0.1) is 5.41 Å². The molecule has 0 radical (unpaired) electrons. The summed E-state index contributed by atoms with van der Waals surface area (Å²) in [7, 11) is 0. The summed E-state index contributed by atoms with van der Waals surface area (Å²) in [5.74, 6) is 0. The van der Waals surface area contributed by atoms with Crippen LogP contribution in [-0.2, 0) is 9.53 Å². The van der Waals surface area contributed by atoms with E-state index in [1.807, 2.05) is 20.8 Å². The van der Waals surface area contributed by atoms with Crippen molar-refractivity contribution < 1.29 is 14.3 Å². The van der Waals surface area contributed by atoms with Crippen molar-refractivity contribution in [2.75, 3.05) is 6.54 Å². The lowest BCUT2D eigenvalue weighted by atomic mass is 9.67. The number of nitrogens with one attached hydrogen (secondary N) is 1. The Labute approximate surface area is 96.7 Å². The number of aldehydes is 1. The van der Waals surface area contributed by atoms with Gasteiger partial charge in [-0.05, 0) is 39.0 Å². The summed E-state index contributed by atoms with van der Waals surface area (Å²) < 4.78 is 5.14. The van der Waals surface area contributed by atoms with E-state index in [1.165, 1.54) is 0 Å². The van der Waals surface area contributed by atoms with E-state index >= 15 is 0 Å². The highest BCUT2D eigenvalue weighted by Crippen LogP contribution is 2.42. The van der Waals surface area contributed by atoms with Gasteiger partial charge >= 0.3 is 6.09 Å². The summed E-state index contributed by atoms with van der Waals surface area (Å²) in [6.07, 6.45) is 4.25. The topological polar surface area (TPSA) is 55.4 Å². The van der Waals surface area contributed by atoms with Crippen LogP contribution in [0.2, 0.25) is 0 Å². The molecule has 0 aromatic rings. The molecule has 0 aliphatic heterocycles. The molecule has 0 saturated heterocycles. The van der Waals surface area contributed by atoms with Gasteiger partial charge in [-0.15, -0.1) is 0 Å². The number of hydrogen-bond acceptors (Lipinski definition) is 3. The monoisotopic (exact) mass is 227 g/mol. The summed E-state index contributed by atoms with van der Waals surface area (Å²) in [4.78, 5) is 22.0. The maximum absolute atomic E-state index is 11.4. The maximum Gasteiger partial charge on any atom is 0.407 e. The lowest BCUT2D eigenvalue weighted by Crippen LogP contribution is -2.44. The van der Waals surface area contributed by atoms with E-state index in [2.05, 4.69) is 5.32 Å². The minimum absolute atomic E-state index is 0.00134. The first-order chi connectivity index (χ1) is 7.37. The second kappa shape index (κ2) is 4.85. The quantitative estimate of drug-likeness (QED) is 0.749. The van der Waals surface area contributed by atoms with Gasteiger partial charge in [0.1, 0.15) is 11.9 Å². The van der Waals surface area contributed by atoms with Crippen LogP contribution in [0.4, 0.5) is 4.79 Å². The Hall–Kier alpha value is -1.06. The highest BCUT2D eigenvalue weighted by atomic mass is 16.6. The van der Waals surface area contributed by atoms with Gasteiger partial charge in [0.15, 0.2) is 0 Å². The summed E-state index contributed by atoms with van der Waals surface area (Å²) in [6.45, 7) is 6.03. The van der Waals surface area contributed by atoms with Crippen LogP contribution in [-0.4, -0.2) is 24.5 Å². The molecule has 1 saturated carbocycles. The summed E-state index contributed by atoms with van der Waals surface area (Å²) in [5.41, 5.74) is -0.472. The van der Waals surface area contributed by atoms with Gasteiger partial charge in [-0.1, -0.05) is 6.42 Å². The van der Waals surface area contributed by atoms with E-state index in [0.29, 0.717) is 13.0 Å². The highest BCUT2D eigenvalue weighted by Gasteiger charge is 2.37. The molecule has 92 valence electrons. The molecule has 0 unspecified atom stereocenters. The van der Waals surface area contributed by atoms with E-state index in [0.717, 1.165) is 25.5 Å². The first-order valence-corrected chi connectivity index (χ1v) is 5.77. The van der Waals surface area contributed by atoms with Crippen LogP contribution in [0.15, 0.2) is 0 Å². The van der Waals surface area contributed by atoms with Gasteiger partial charge in [0, 0.05) is 13.0 Å². The molecule has 1 fully saturated rings. The third-order valence-corrected chi connectivity index (χ3v) is 2.94. The minimum Gasteiger partial charge on any atom is -0.444 e. The van der Waals surface area contributed by atoms with E-state index in [-0.39, 0.29) is 5.41 Å². The molecular weight excluding hydrogens is 206 g/mol. The minimum atomic E-state index is -0.471. The highest BCUT2D eigenvalue weighted by molar-refractivity contribution is 5.67. The molecule has 0 aromatic carbocycles. The van der Waals surface area contributed by atoms with Gasteiger partial charge in [0.25, 0.3) is 0 Å². The summed E-state index contributed by atoms with van der Waals surface area (Å²) in [5, 5.41) is 2.75. The largest absolute Gasteiger partial charge is 0.444 e. The second-order valence-corrected chi connectivity index (χ2v) is 5.58. The fraction of sp³-hybridized carbons (Fsp3) is 0.833. The lowest BCUT2D eigenvalue weighted by Gasteiger charge is -2.40. The molecule has 4 heteroatoms. The third kappa shape index (κ3) is 3.83. The third-order valence-electron chi connectivity index (χ3n) is 2.94. The molecule has 1 aliphatic carbocycles. The van der Waals surface area contributed by atoms with Crippen molar-refractivity contribution in [3.63, 3.8) is 0 Å². The number of amides is 1. The Bertz CT molecular complexity index is 264. The maximum atomic E-state index is 11.4. The Morgan fingerprint density at radius 2 is 2.06 bits per heavy atom. The van der Waals surface area contributed by atoms with Crippen molar-refractivity contribution in [3.8, 4) is 0 Å². The van der Waals surface area contributed by atoms with E-state index < -0.39 is 11.7 Å². The summed E-state index contributed by atoms with van der Waals surface area (Å²) in [6, 6.07) is 0. The van der Waals surface area contributed by atoms with Crippen molar-refractivity contribution in [2.45, 2.75) is 52.1 Å². The number of alkyl carbamates (subject to hydrolysis) is 1. The number of carbonyl (C=O) groups excluding carboxylic acids is 2. The molecule has 1 rings (SSSR count). The molecule has 0 bridgehead atoms. The van der Waals surface area contributed by atoms with Crippen LogP contribution >= 0.6 is 0 Å². The van der Waals surface area contributed by atoms with Gasteiger partial charge in [-0.3, -0.25) is 0 Å². The van der Waals surface area contributed by atoms with Crippen molar-refractivity contribution in [3.05, 3.63) is 0 Å². The molecule has 0 spiro atoms. The van der Waals surface area contributed by atoms with Crippen molar-refractivity contribution >= 4 is 12.4 Å². The Kier molecular flexibility index (Phi) is 3.94. The molecule has 1 amide bonds. The van der Waals surface area contributed by atoms with Crippen LogP contribution < -0.4 is 5.32 Å². The smallest absolute Gasteiger partial charge is 0.407 e. The zero-order valence-corrected chi connectivity index (χ0v) is 10.3. The molecule has 4 nitrogen and oxygen atoms in total. The fourth-order valence-electron chi connectivity index (χ4n) is 1.88. The summed E-state index contributed by atoms with van der Waals surface area (Å²) >= 11 is 0. The van der Waals surface area contributed by atoms with Crippen LogP contribution in [0.25, 0.3) is 0 Å². The molecular formula is C12H21NO3. The van der Waals surface area contributed by atoms with Crippen molar-refractivity contribution in [2.24, 2.45) is 5.41 Å². The molecule has 1 aliphatic rings. The number of carbonyl (C=O) groups is 2. The van der Waals surface area contributed by atoms with Gasteiger partial charge in [-0.25, -0.2) is 4.79 Å². The Morgan fingerprint density at radius 3 is 2.44 bits per heavy atom. The Morgan fingerprint density at radius 1 is 1.44 bits per heavy atom. The van der Waals surface area contributed by atoms with Crippen molar-refractivity contribution in [1.82, 2.24) is 5.32 Å². The lowest BCUT2D eigenvalue weighted by molar-refractivity contribution is -0.111. The van der Waals surface area contributed by atoms with Crippen LogP contribution in [0.5, 0.6) is 0 Å². The number of hydrogen-bond donors (Lipinski definition) is 1. The molecule has 16 heavy (non-hydrogen) atoms. The average molecular weight is 227 g/mol. The fourth-order valence-corrected chi connectivity index (χ4v) is 1.88. The first-order valence-electron chi connectivity index (χ1n) is 5.77. The van der Waals surface area contributed by atoms with Crippen LogP contribution in [0.3, 0.4) is 0 Å². The molecule has 1 N–H and O–H groups in total. The zero-order valence-electron chi connectivity index (χ0n) is 10.3. The molecule has 0 aromatic heterocycles. The second-order valence-electron chi connectivity index (χ2n) is 5.58. The van der Waals surface area contributed by atoms with Gasteiger partial charge in [-0.2, -0.15) is 0 Å². The van der Waals surface area contributed by atoms with E-state index in [1.54, 1.807) is 0 Å². The number of rotatable bonds is 4. The predicted octanol–water partition coefficient (Wildman–Crippen LogP) is 2.27. The SMILES string of the molecule is CC(C)(C)OC(=O)NCC1(CC=O)CCC1.